The normalized spacial score (nSPS) is 10.5. The quantitative estimate of drug-likeness (QED) is 0.838. The first-order chi connectivity index (χ1) is 8.90. The number of halogens is 1. The molecule has 0 atom stereocenters. The Balaban J connectivity index is 2.83. The predicted molar refractivity (Wildman–Crippen MR) is 71.3 cm³/mol. The highest BCUT2D eigenvalue weighted by molar-refractivity contribution is 6.30. The summed E-state index contributed by atoms with van der Waals surface area (Å²) in [5.41, 5.74) is 0.285. The number of likely N-dealkylation sites (N-methyl/N-ethyl adjacent to an activating group) is 1. The molecule has 104 valence electrons. The number of rotatable bonds is 6. The van der Waals surface area contributed by atoms with E-state index in [0.717, 1.165) is 0 Å². The fourth-order valence-electron chi connectivity index (χ4n) is 1.45. The van der Waals surface area contributed by atoms with Gasteiger partial charge in [-0.3, -0.25) is 14.6 Å². The molecule has 19 heavy (non-hydrogen) atoms. The standard InChI is InChI=1S/C12H16ClN3O3/c1-15(2)3-4-16(8-11(17)18)12(19)9-5-10(13)7-14-6-9/h5-7H,3-4,8H2,1-2H3,(H,17,18). The fraction of sp³-hybridized carbons (Fsp3) is 0.417. The van der Waals surface area contributed by atoms with Crippen molar-refractivity contribution < 1.29 is 14.7 Å². The van der Waals surface area contributed by atoms with Gasteiger partial charge in [-0.1, -0.05) is 11.6 Å². The van der Waals surface area contributed by atoms with E-state index in [0.29, 0.717) is 18.1 Å². The van der Waals surface area contributed by atoms with Crippen LogP contribution in [0.15, 0.2) is 18.5 Å². The molecule has 0 aliphatic rings. The average molecular weight is 286 g/mol. The van der Waals surface area contributed by atoms with Gasteiger partial charge in [0.05, 0.1) is 10.6 Å². The molecule has 1 aromatic rings. The Morgan fingerprint density at radius 1 is 1.32 bits per heavy atom. The van der Waals surface area contributed by atoms with E-state index in [2.05, 4.69) is 4.98 Å². The van der Waals surface area contributed by atoms with Gasteiger partial charge in [-0.15, -0.1) is 0 Å². The summed E-state index contributed by atoms with van der Waals surface area (Å²) in [4.78, 5) is 30.0. The van der Waals surface area contributed by atoms with Crippen molar-refractivity contribution in [3.05, 3.63) is 29.0 Å². The summed E-state index contributed by atoms with van der Waals surface area (Å²) in [6.45, 7) is 0.552. The van der Waals surface area contributed by atoms with Gasteiger partial charge in [-0.05, 0) is 20.2 Å². The highest BCUT2D eigenvalue weighted by Crippen LogP contribution is 2.11. The van der Waals surface area contributed by atoms with Gasteiger partial charge in [0.15, 0.2) is 0 Å². The van der Waals surface area contributed by atoms with E-state index in [1.807, 2.05) is 19.0 Å². The van der Waals surface area contributed by atoms with Gasteiger partial charge in [-0.25, -0.2) is 0 Å². The smallest absolute Gasteiger partial charge is 0.323 e. The summed E-state index contributed by atoms with van der Waals surface area (Å²) < 4.78 is 0. The van der Waals surface area contributed by atoms with Crippen LogP contribution in [0.3, 0.4) is 0 Å². The van der Waals surface area contributed by atoms with E-state index in [-0.39, 0.29) is 18.0 Å². The lowest BCUT2D eigenvalue weighted by Crippen LogP contribution is -2.40. The number of pyridine rings is 1. The van der Waals surface area contributed by atoms with Crippen LogP contribution < -0.4 is 0 Å². The van der Waals surface area contributed by atoms with Crippen molar-refractivity contribution in [2.24, 2.45) is 0 Å². The van der Waals surface area contributed by atoms with E-state index in [4.69, 9.17) is 16.7 Å². The van der Waals surface area contributed by atoms with Crippen molar-refractivity contribution in [1.82, 2.24) is 14.8 Å². The number of nitrogens with zero attached hydrogens (tertiary/aromatic N) is 3. The highest BCUT2D eigenvalue weighted by Gasteiger charge is 2.19. The Hall–Kier alpha value is -1.66. The molecule has 1 heterocycles. The van der Waals surface area contributed by atoms with E-state index in [1.54, 1.807) is 0 Å². The fourth-order valence-corrected chi connectivity index (χ4v) is 1.62. The van der Waals surface area contributed by atoms with Crippen LogP contribution in [0.2, 0.25) is 5.02 Å². The van der Waals surface area contributed by atoms with Gasteiger partial charge < -0.3 is 14.9 Å². The zero-order chi connectivity index (χ0) is 14.4. The molecule has 7 heteroatoms. The number of carboxylic acids is 1. The highest BCUT2D eigenvalue weighted by atomic mass is 35.5. The number of aliphatic carboxylic acids is 1. The van der Waals surface area contributed by atoms with Gasteiger partial charge in [0.2, 0.25) is 0 Å². The molecule has 0 aromatic carbocycles. The molecule has 1 rings (SSSR count). The second kappa shape index (κ2) is 7.06. The Morgan fingerprint density at radius 2 is 2.00 bits per heavy atom. The molecule has 0 fully saturated rings. The maximum atomic E-state index is 12.2. The summed E-state index contributed by atoms with van der Waals surface area (Å²) in [6.07, 6.45) is 2.79. The first-order valence-corrected chi connectivity index (χ1v) is 6.04. The second-order valence-corrected chi connectivity index (χ2v) is 4.75. The summed E-state index contributed by atoms with van der Waals surface area (Å²) in [6, 6.07) is 1.47. The third kappa shape index (κ3) is 5.23. The molecule has 0 saturated heterocycles. The van der Waals surface area contributed by atoms with Gasteiger partial charge in [-0.2, -0.15) is 0 Å². The van der Waals surface area contributed by atoms with Crippen molar-refractivity contribution in [3.63, 3.8) is 0 Å². The van der Waals surface area contributed by atoms with Crippen molar-refractivity contribution in [1.29, 1.82) is 0 Å². The lowest BCUT2D eigenvalue weighted by Gasteiger charge is -2.22. The molecule has 0 radical (unpaired) electrons. The van der Waals surface area contributed by atoms with Crippen LogP contribution in [0.25, 0.3) is 0 Å². The molecule has 0 unspecified atom stereocenters. The maximum absolute atomic E-state index is 12.2. The maximum Gasteiger partial charge on any atom is 0.323 e. The summed E-state index contributed by atoms with van der Waals surface area (Å²) in [7, 11) is 3.70. The third-order valence-electron chi connectivity index (χ3n) is 2.38. The van der Waals surface area contributed by atoms with E-state index in [1.165, 1.54) is 23.4 Å². The topological polar surface area (TPSA) is 73.7 Å². The molecular formula is C12H16ClN3O3. The average Bonchev–Trinajstić information content (AvgIpc) is 2.33. The lowest BCUT2D eigenvalue weighted by molar-refractivity contribution is -0.137. The van der Waals surface area contributed by atoms with Gasteiger partial charge in [0, 0.05) is 25.5 Å². The number of carbonyl (C=O) groups is 2. The molecule has 0 aliphatic heterocycles. The van der Waals surface area contributed by atoms with Crippen LogP contribution in [0, 0.1) is 0 Å². The first-order valence-electron chi connectivity index (χ1n) is 5.66. The predicted octanol–water partition coefficient (Wildman–Crippen LogP) is 0.823. The van der Waals surface area contributed by atoms with Crippen LogP contribution >= 0.6 is 11.6 Å². The van der Waals surface area contributed by atoms with E-state index < -0.39 is 5.97 Å². The largest absolute Gasteiger partial charge is 0.480 e. The number of hydrogen-bond donors (Lipinski definition) is 1. The van der Waals surface area contributed by atoms with Gasteiger partial charge >= 0.3 is 5.97 Å². The van der Waals surface area contributed by atoms with E-state index in [9.17, 15) is 9.59 Å². The Kier molecular flexibility index (Phi) is 5.72. The van der Waals surface area contributed by atoms with Crippen molar-refractivity contribution >= 4 is 23.5 Å². The molecule has 1 N–H and O–H groups in total. The van der Waals surface area contributed by atoms with Crippen LogP contribution in [0.5, 0.6) is 0 Å². The minimum absolute atomic E-state index is 0.285. The Bertz CT molecular complexity index is 465. The molecule has 0 aliphatic carbocycles. The Labute approximate surface area is 116 Å². The molecule has 0 saturated carbocycles. The van der Waals surface area contributed by atoms with Crippen molar-refractivity contribution in [2.75, 3.05) is 33.7 Å². The molecular weight excluding hydrogens is 270 g/mol. The van der Waals surface area contributed by atoms with Crippen LogP contribution in [-0.4, -0.2) is 65.5 Å². The molecule has 0 spiro atoms. The number of carboxylic acid groups (broad SMARTS) is 1. The number of carbonyl (C=O) groups excluding carboxylic acids is 1. The molecule has 1 amide bonds. The van der Waals surface area contributed by atoms with Crippen LogP contribution in [0.4, 0.5) is 0 Å². The van der Waals surface area contributed by atoms with Crippen molar-refractivity contribution in [3.8, 4) is 0 Å². The number of amides is 1. The SMILES string of the molecule is CN(C)CCN(CC(=O)O)C(=O)c1cncc(Cl)c1. The zero-order valence-corrected chi connectivity index (χ0v) is 11.6. The number of aromatic nitrogens is 1. The summed E-state index contributed by atoms with van der Waals surface area (Å²) >= 11 is 5.77. The molecule has 1 aromatic heterocycles. The third-order valence-corrected chi connectivity index (χ3v) is 2.59. The second-order valence-electron chi connectivity index (χ2n) is 4.32. The minimum atomic E-state index is -1.05. The molecule has 6 nitrogen and oxygen atoms in total. The van der Waals surface area contributed by atoms with Crippen molar-refractivity contribution in [2.45, 2.75) is 0 Å². The molecule has 0 bridgehead atoms. The minimum Gasteiger partial charge on any atom is -0.480 e. The van der Waals surface area contributed by atoms with Crippen LogP contribution in [0.1, 0.15) is 10.4 Å². The van der Waals surface area contributed by atoms with Crippen LogP contribution in [-0.2, 0) is 4.79 Å². The monoisotopic (exact) mass is 285 g/mol. The number of hydrogen-bond acceptors (Lipinski definition) is 4. The van der Waals surface area contributed by atoms with E-state index >= 15 is 0 Å². The summed E-state index contributed by atoms with van der Waals surface area (Å²) in [5, 5.41) is 9.19. The lowest BCUT2D eigenvalue weighted by atomic mass is 10.2. The van der Waals surface area contributed by atoms with Gasteiger partial charge in [0.1, 0.15) is 6.54 Å². The zero-order valence-electron chi connectivity index (χ0n) is 10.8. The first kappa shape index (κ1) is 15.4. The summed E-state index contributed by atoms with van der Waals surface area (Å²) in [5.74, 6) is -1.44. The van der Waals surface area contributed by atoms with Gasteiger partial charge in [0.25, 0.3) is 5.91 Å². The Morgan fingerprint density at radius 3 is 2.53 bits per heavy atom.